The molecule has 0 fully saturated rings. The molecule has 0 saturated heterocycles. The topological polar surface area (TPSA) is 53.9 Å². The minimum Gasteiger partial charge on any atom is -0.344 e. The lowest BCUT2D eigenvalue weighted by molar-refractivity contribution is 0.926. The van der Waals surface area contributed by atoms with Gasteiger partial charge >= 0.3 is 0 Å². The summed E-state index contributed by atoms with van der Waals surface area (Å²) in [4.78, 5) is 15.4. The number of imidazole rings is 1. The Morgan fingerprint density at radius 2 is 2.40 bits per heavy atom. The summed E-state index contributed by atoms with van der Waals surface area (Å²) in [5.41, 5.74) is 2.00. The van der Waals surface area contributed by atoms with E-state index >= 15 is 0 Å². The Balaban J connectivity index is 1.80. The van der Waals surface area contributed by atoms with Gasteiger partial charge in [-0.05, 0) is 12.1 Å². The predicted octanol–water partition coefficient (Wildman–Crippen LogP) is 1.47. The molecule has 0 bridgehead atoms. The Labute approximate surface area is 88.1 Å². The van der Waals surface area contributed by atoms with Crippen molar-refractivity contribution in [1.82, 2.24) is 15.0 Å². The first kappa shape index (κ1) is 9.58. The monoisotopic (exact) mass is 200 g/mol. The smallest absolute Gasteiger partial charge is 0.0924 e. The van der Waals surface area contributed by atoms with Gasteiger partial charge in [0.2, 0.25) is 0 Å². The van der Waals surface area contributed by atoms with Gasteiger partial charge in [-0.25, -0.2) is 4.98 Å². The fraction of sp³-hybridized carbons (Fsp3) is 0.182. The minimum absolute atomic E-state index is 0.746. The van der Waals surface area contributed by atoms with Crippen molar-refractivity contribution < 1.29 is 0 Å². The van der Waals surface area contributed by atoms with E-state index in [1.165, 1.54) is 0 Å². The molecule has 4 nitrogen and oxygen atoms in total. The summed E-state index contributed by atoms with van der Waals surface area (Å²) >= 11 is 0. The highest BCUT2D eigenvalue weighted by molar-refractivity contribution is 5.76. The number of aliphatic imine (C=N–C) groups is 1. The third-order valence-corrected chi connectivity index (χ3v) is 1.97. The van der Waals surface area contributed by atoms with Gasteiger partial charge in [-0.2, -0.15) is 0 Å². The van der Waals surface area contributed by atoms with Crippen molar-refractivity contribution in [3.8, 4) is 0 Å². The summed E-state index contributed by atoms with van der Waals surface area (Å²) in [6, 6.07) is 5.91. The van der Waals surface area contributed by atoms with Crippen molar-refractivity contribution in [2.45, 2.75) is 6.42 Å². The zero-order valence-electron chi connectivity index (χ0n) is 8.30. The molecule has 4 heteroatoms. The van der Waals surface area contributed by atoms with Gasteiger partial charge in [-0.3, -0.25) is 9.98 Å². The normalized spacial score (nSPS) is 10.9. The van der Waals surface area contributed by atoms with Crippen LogP contribution in [0.5, 0.6) is 0 Å². The number of aromatic amines is 1. The summed E-state index contributed by atoms with van der Waals surface area (Å²) in [6.45, 7) is 0.746. The number of hydrogen-bond acceptors (Lipinski definition) is 3. The van der Waals surface area contributed by atoms with Crippen LogP contribution >= 0.6 is 0 Å². The molecule has 0 radical (unpaired) electrons. The average molecular weight is 200 g/mol. The molecule has 0 unspecified atom stereocenters. The van der Waals surface area contributed by atoms with Gasteiger partial charge in [0, 0.05) is 31.1 Å². The van der Waals surface area contributed by atoms with E-state index in [2.05, 4.69) is 19.9 Å². The molecule has 0 spiro atoms. The van der Waals surface area contributed by atoms with Crippen LogP contribution in [-0.4, -0.2) is 27.7 Å². The molecule has 0 aliphatic rings. The average Bonchev–Trinajstić information content (AvgIpc) is 2.79. The first-order valence-corrected chi connectivity index (χ1v) is 4.83. The van der Waals surface area contributed by atoms with Crippen LogP contribution in [0.4, 0.5) is 0 Å². The van der Waals surface area contributed by atoms with Crippen molar-refractivity contribution >= 4 is 6.21 Å². The quantitative estimate of drug-likeness (QED) is 0.760. The SMILES string of the molecule is C(=NCCc1ccccn1)c1cnc[nH]1. The summed E-state index contributed by atoms with van der Waals surface area (Å²) in [7, 11) is 0. The van der Waals surface area contributed by atoms with E-state index in [1.807, 2.05) is 18.2 Å². The highest BCUT2D eigenvalue weighted by Gasteiger charge is 1.90. The number of aromatic nitrogens is 3. The van der Waals surface area contributed by atoms with E-state index in [9.17, 15) is 0 Å². The van der Waals surface area contributed by atoms with Crippen molar-refractivity contribution in [3.05, 3.63) is 48.3 Å². The van der Waals surface area contributed by atoms with Crippen LogP contribution in [0.2, 0.25) is 0 Å². The van der Waals surface area contributed by atoms with Crippen molar-refractivity contribution in [2.75, 3.05) is 6.54 Å². The van der Waals surface area contributed by atoms with Gasteiger partial charge in [0.1, 0.15) is 0 Å². The molecule has 0 saturated carbocycles. The van der Waals surface area contributed by atoms with Crippen LogP contribution in [0, 0.1) is 0 Å². The van der Waals surface area contributed by atoms with Gasteiger partial charge in [0.15, 0.2) is 0 Å². The van der Waals surface area contributed by atoms with Crippen LogP contribution in [0.3, 0.4) is 0 Å². The van der Waals surface area contributed by atoms with Gasteiger partial charge in [-0.15, -0.1) is 0 Å². The van der Waals surface area contributed by atoms with E-state index in [0.29, 0.717) is 0 Å². The molecular formula is C11H12N4. The first-order chi connectivity index (χ1) is 7.45. The van der Waals surface area contributed by atoms with Crippen LogP contribution in [0.1, 0.15) is 11.4 Å². The van der Waals surface area contributed by atoms with E-state index in [-0.39, 0.29) is 0 Å². The first-order valence-electron chi connectivity index (χ1n) is 4.83. The maximum atomic E-state index is 4.27. The lowest BCUT2D eigenvalue weighted by atomic mass is 10.3. The van der Waals surface area contributed by atoms with Crippen molar-refractivity contribution in [2.24, 2.45) is 4.99 Å². The molecule has 1 N–H and O–H groups in total. The maximum Gasteiger partial charge on any atom is 0.0924 e. The Morgan fingerprint density at radius 3 is 3.13 bits per heavy atom. The van der Waals surface area contributed by atoms with Gasteiger partial charge < -0.3 is 4.98 Å². The lowest BCUT2D eigenvalue weighted by Crippen LogP contribution is -1.93. The highest BCUT2D eigenvalue weighted by Crippen LogP contribution is 1.94. The van der Waals surface area contributed by atoms with Gasteiger partial charge in [-0.1, -0.05) is 6.07 Å². The Bertz CT molecular complexity index is 405. The lowest BCUT2D eigenvalue weighted by Gasteiger charge is -1.94. The van der Waals surface area contributed by atoms with Crippen LogP contribution in [0.15, 0.2) is 41.9 Å². The zero-order chi connectivity index (χ0) is 10.3. The summed E-state index contributed by atoms with van der Waals surface area (Å²) in [5, 5.41) is 0. The van der Waals surface area contributed by atoms with Gasteiger partial charge in [0.05, 0.1) is 18.2 Å². The van der Waals surface area contributed by atoms with Crippen LogP contribution < -0.4 is 0 Å². The van der Waals surface area contributed by atoms with Crippen molar-refractivity contribution in [1.29, 1.82) is 0 Å². The van der Waals surface area contributed by atoms with E-state index in [0.717, 1.165) is 24.4 Å². The standard InChI is InChI=1S/C11H12N4/c1-2-5-14-10(3-1)4-6-12-7-11-8-13-9-15-11/h1-3,5,7-9H,4,6H2,(H,13,15). The molecule has 0 aliphatic carbocycles. The molecule has 2 aromatic rings. The fourth-order valence-electron chi connectivity index (χ4n) is 1.23. The highest BCUT2D eigenvalue weighted by atomic mass is 14.9. The number of rotatable bonds is 4. The molecular weight excluding hydrogens is 188 g/mol. The molecule has 0 amide bonds. The number of H-pyrrole nitrogens is 1. The van der Waals surface area contributed by atoms with Crippen molar-refractivity contribution in [3.63, 3.8) is 0 Å². The molecule has 2 rings (SSSR count). The van der Waals surface area contributed by atoms with Crippen LogP contribution in [-0.2, 0) is 6.42 Å². The number of pyridine rings is 1. The Kier molecular flexibility index (Phi) is 3.22. The molecule has 0 atom stereocenters. The molecule has 0 aliphatic heterocycles. The van der Waals surface area contributed by atoms with Crippen LogP contribution in [0.25, 0.3) is 0 Å². The molecule has 0 aromatic carbocycles. The maximum absolute atomic E-state index is 4.27. The Morgan fingerprint density at radius 1 is 1.40 bits per heavy atom. The zero-order valence-corrected chi connectivity index (χ0v) is 8.30. The van der Waals surface area contributed by atoms with E-state index < -0.39 is 0 Å². The third kappa shape index (κ3) is 3.02. The summed E-state index contributed by atoms with van der Waals surface area (Å²) < 4.78 is 0. The third-order valence-electron chi connectivity index (χ3n) is 1.97. The molecule has 76 valence electrons. The molecule has 2 aromatic heterocycles. The number of nitrogens with one attached hydrogen (secondary N) is 1. The summed E-state index contributed by atoms with van der Waals surface area (Å²) in [6.07, 6.45) is 7.83. The fourth-order valence-corrected chi connectivity index (χ4v) is 1.23. The second-order valence-electron chi connectivity index (χ2n) is 3.11. The predicted molar refractivity (Wildman–Crippen MR) is 59.0 cm³/mol. The summed E-state index contributed by atoms with van der Waals surface area (Å²) in [5.74, 6) is 0. The number of hydrogen-bond donors (Lipinski definition) is 1. The van der Waals surface area contributed by atoms with E-state index in [4.69, 9.17) is 0 Å². The minimum atomic E-state index is 0.746. The molecule has 15 heavy (non-hydrogen) atoms. The van der Waals surface area contributed by atoms with E-state index in [1.54, 1.807) is 24.9 Å². The second-order valence-corrected chi connectivity index (χ2v) is 3.11. The Hall–Kier alpha value is -1.97. The largest absolute Gasteiger partial charge is 0.344 e. The van der Waals surface area contributed by atoms with Gasteiger partial charge in [0.25, 0.3) is 0 Å². The molecule has 2 heterocycles. The number of nitrogens with zero attached hydrogens (tertiary/aromatic N) is 3. The second kappa shape index (κ2) is 5.05.